The number of benzene rings is 2. The summed E-state index contributed by atoms with van der Waals surface area (Å²) < 4.78 is 9.49. The highest BCUT2D eigenvalue weighted by Crippen LogP contribution is 2.48. The van der Waals surface area contributed by atoms with Crippen molar-refractivity contribution in [2.75, 3.05) is 4.90 Å². The number of hydrogen-bond acceptors (Lipinski definition) is 2. The van der Waals surface area contributed by atoms with Crippen molar-refractivity contribution in [2.24, 2.45) is 5.92 Å². The molecular weight excluding hydrogens is 328 g/mol. The number of nitrogens with zero attached hydrogens (tertiary/aromatic N) is 2. The fourth-order valence-electron chi connectivity index (χ4n) is 5.66. The van der Waals surface area contributed by atoms with Crippen LogP contribution in [0.1, 0.15) is 51.0 Å². The van der Waals surface area contributed by atoms with E-state index in [1.165, 1.54) is 36.9 Å². The Morgan fingerprint density at radius 1 is 0.963 bits per heavy atom. The van der Waals surface area contributed by atoms with E-state index in [2.05, 4.69) is 84.5 Å². The van der Waals surface area contributed by atoms with Crippen molar-refractivity contribution < 1.29 is 1.37 Å². The molecule has 3 unspecified atom stereocenters. The van der Waals surface area contributed by atoms with Crippen LogP contribution in [0.15, 0.2) is 66.9 Å². The zero-order valence-electron chi connectivity index (χ0n) is 17.4. The summed E-state index contributed by atoms with van der Waals surface area (Å²) in [7, 11) is 0. The van der Waals surface area contributed by atoms with Gasteiger partial charge in [0.15, 0.2) is 0 Å². The van der Waals surface area contributed by atoms with Gasteiger partial charge in [0, 0.05) is 19.0 Å². The molecule has 1 saturated heterocycles. The van der Waals surface area contributed by atoms with E-state index in [9.17, 15) is 1.37 Å². The molecule has 2 aromatic carbocycles. The molecule has 2 fully saturated rings. The van der Waals surface area contributed by atoms with Crippen LogP contribution < -0.4 is 4.90 Å². The molecule has 0 amide bonds. The maximum absolute atomic E-state index is 9.49. The van der Waals surface area contributed by atoms with E-state index in [4.69, 9.17) is 0 Å². The molecule has 2 heteroatoms. The summed E-state index contributed by atoms with van der Waals surface area (Å²) in [4.78, 5) is 5.18. The molecule has 1 aliphatic carbocycles. The van der Waals surface area contributed by atoms with E-state index in [1.54, 1.807) is 0 Å². The smallest absolute Gasteiger partial charge is 0.105 e. The topological polar surface area (TPSA) is 6.48 Å². The molecule has 4 atom stereocenters. The fourth-order valence-corrected chi connectivity index (χ4v) is 5.66. The van der Waals surface area contributed by atoms with Crippen molar-refractivity contribution in [3.8, 4) is 0 Å². The van der Waals surface area contributed by atoms with E-state index in [0.29, 0.717) is 12.1 Å². The maximum atomic E-state index is 9.49. The predicted molar refractivity (Wildman–Crippen MR) is 113 cm³/mol. The number of anilines is 1. The average molecular weight is 360 g/mol. The van der Waals surface area contributed by atoms with Crippen LogP contribution in [0.25, 0.3) is 0 Å². The molecule has 5 rings (SSSR count). The summed E-state index contributed by atoms with van der Waals surface area (Å²) in [5, 5.41) is 0. The molecule has 2 nitrogen and oxygen atoms in total. The van der Waals surface area contributed by atoms with Gasteiger partial charge in [0.25, 0.3) is 0 Å². The second kappa shape index (κ2) is 6.74. The number of para-hydroxylation sites is 1. The zero-order valence-corrected chi connectivity index (χ0v) is 16.4. The van der Waals surface area contributed by atoms with Gasteiger partial charge < -0.3 is 9.80 Å². The van der Waals surface area contributed by atoms with E-state index < -0.39 is 5.89 Å². The Labute approximate surface area is 164 Å². The average Bonchev–Trinajstić information content (AvgIpc) is 3.42. The van der Waals surface area contributed by atoms with Crippen molar-refractivity contribution in [2.45, 2.75) is 63.7 Å². The van der Waals surface area contributed by atoms with E-state index in [0.717, 1.165) is 5.56 Å². The van der Waals surface area contributed by atoms with Gasteiger partial charge in [-0.2, -0.15) is 0 Å². The Bertz CT molecular complexity index is 873. The van der Waals surface area contributed by atoms with Crippen molar-refractivity contribution in [1.82, 2.24) is 4.90 Å². The lowest BCUT2D eigenvalue weighted by atomic mass is 9.89. The molecule has 2 aliphatic heterocycles. The molecule has 3 aliphatic rings. The second-order valence-electron chi connectivity index (χ2n) is 8.42. The Kier molecular flexibility index (Phi) is 3.95. The van der Waals surface area contributed by atoms with E-state index in [-0.39, 0.29) is 12.1 Å². The Morgan fingerprint density at radius 3 is 2.41 bits per heavy atom. The molecule has 0 N–H and O–H groups in total. The first-order chi connectivity index (χ1) is 13.6. The van der Waals surface area contributed by atoms with Gasteiger partial charge in [-0.15, -0.1) is 0 Å². The first-order valence-electron chi connectivity index (χ1n) is 11.0. The minimum Gasteiger partial charge on any atom is -0.352 e. The molecule has 27 heavy (non-hydrogen) atoms. The number of aryl methyl sites for hydroxylation is 1. The lowest BCUT2D eigenvalue weighted by molar-refractivity contribution is 0.218. The highest BCUT2D eigenvalue weighted by atomic mass is 15.5. The lowest BCUT2D eigenvalue weighted by Crippen LogP contribution is -2.43. The van der Waals surface area contributed by atoms with Crippen LogP contribution in [0.2, 0.25) is 0 Å². The first-order valence-corrected chi connectivity index (χ1v) is 10.5. The molecular formula is C25H30N2. The Morgan fingerprint density at radius 2 is 1.67 bits per heavy atom. The zero-order chi connectivity index (χ0) is 19.3. The van der Waals surface area contributed by atoms with Gasteiger partial charge in [0.05, 0.1) is 6.04 Å². The van der Waals surface area contributed by atoms with Crippen molar-refractivity contribution >= 4 is 5.69 Å². The van der Waals surface area contributed by atoms with Gasteiger partial charge in [0.2, 0.25) is 0 Å². The monoisotopic (exact) mass is 359 g/mol. The van der Waals surface area contributed by atoms with Crippen LogP contribution in [-0.2, 0) is 0 Å². The lowest BCUT2D eigenvalue weighted by Gasteiger charge is -2.37. The molecule has 2 aromatic rings. The number of fused-ring (bicyclic) bond motifs is 1. The van der Waals surface area contributed by atoms with Gasteiger partial charge in [0.1, 0.15) is 6.17 Å². The van der Waals surface area contributed by atoms with Crippen LogP contribution in [0, 0.1) is 12.8 Å². The van der Waals surface area contributed by atoms with Crippen molar-refractivity contribution in [1.29, 1.82) is 0 Å². The van der Waals surface area contributed by atoms with E-state index in [1.807, 2.05) is 6.07 Å². The Hall–Kier alpha value is -2.22. The van der Waals surface area contributed by atoms with Crippen LogP contribution in [0.3, 0.4) is 0 Å². The molecule has 0 spiro atoms. The van der Waals surface area contributed by atoms with E-state index >= 15 is 0 Å². The van der Waals surface area contributed by atoms with Crippen LogP contribution >= 0.6 is 0 Å². The largest absolute Gasteiger partial charge is 0.352 e. The van der Waals surface area contributed by atoms with Crippen molar-refractivity contribution in [3.63, 3.8) is 0 Å². The quantitative estimate of drug-likeness (QED) is 0.693. The Balaban J connectivity index is 1.61. The molecule has 1 saturated carbocycles. The maximum Gasteiger partial charge on any atom is 0.105 e. The fraction of sp³-hybridized carbons (Fsp3) is 0.440. The highest BCUT2D eigenvalue weighted by Gasteiger charge is 2.51. The van der Waals surface area contributed by atoms with Crippen LogP contribution in [0.5, 0.6) is 0 Å². The summed E-state index contributed by atoms with van der Waals surface area (Å²) in [5.74, 6) is -0.0237. The number of hydrogen-bond donors (Lipinski definition) is 0. The molecule has 0 radical (unpaired) electrons. The first kappa shape index (κ1) is 15.8. The number of rotatable bonds is 3. The minimum absolute atomic E-state index is 0.139. The molecule has 0 aromatic heterocycles. The normalized spacial score (nSPS) is 33.6. The third-order valence-electron chi connectivity index (χ3n) is 6.87. The molecule has 2 heterocycles. The van der Waals surface area contributed by atoms with Gasteiger partial charge in [-0.25, -0.2) is 0 Å². The third-order valence-corrected chi connectivity index (χ3v) is 6.87. The van der Waals surface area contributed by atoms with Crippen molar-refractivity contribution in [3.05, 3.63) is 78.0 Å². The van der Waals surface area contributed by atoms with Gasteiger partial charge in [-0.05, 0) is 56.0 Å². The minimum atomic E-state index is -0.699. The van der Waals surface area contributed by atoms with Gasteiger partial charge in [-0.1, -0.05) is 67.4 Å². The summed E-state index contributed by atoms with van der Waals surface area (Å²) in [5.41, 5.74) is 3.77. The summed E-state index contributed by atoms with van der Waals surface area (Å²) in [6.45, 7) is 4.55. The van der Waals surface area contributed by atoms with Gasteiger partial charge >= 0.3 is 0 Å². The summed E-state index contributed by atoms with van der Waals surface area (Å²) >= 11 is 0. The van der Waals surface area contributed by atoms with Crippen LogP contribution in [0.4, 0.5) is 5.69 Å². The predicted octanol–water partition coefficient (Wildman–Crippen LogP) is 5.70. The molecule has 140 valence electrons. The van der Waals surface area contributed by atoms with Crippen LogP contribution in [-0.4, -0.2) is 23.1 Å². The highest BCUT2D eigenvalue weighted by molar-refractivity contribution is 5.57. The SMILES string of the molecule is [2H]C1(c2ccccc2)C=CN2C(C3CCCC3)N(c3ccccc3C)[C@@H](C)C21. The molecule has 0 bridgehead atoms. The standard InChI is InChI=1S/C25H30N2/c1-18-10-6-9-15-23(18)27-19(2)24-22(20-11-4-3-5-12-20)16-17-26(24)25(27)21-13-7-8-14-21/h3-6,9-12,15-17,19,21-22,24-25H,7-8,13-14H2,1-2H3/t19-,22?,24?,25?/m0/s1/i22D. The second-order valence-corrected chi connectivity index (χ2v) is 8.42. The summed E-state index contributed by atoms with van der Waals surface area (Å²) in [6, 6.07) is 19.6. The summed E-state index contributed by atoms with van der Waals surface area (Å²) in [6.07, 6.45) is 10.0. The van der Waals surface area contributed by atoms with Gasteiger partial charge in [-0.3, -0.25) is 0 Å². The third kappa shape index (κ3) is 2.69.